The van der Waals surface area contributed by atoms with Crippen LogP contribution in [0.15, 0.2) is 18.2 Å². The Morgan fingerprint density at radius 3 is 2.18 bits per heavy atom. The van der Waals surface area contributed by atoms with E-state index in [1.54, 1.807) is 26.4 Å². The van der Waals surface area contributed by atoms with E-state index in [9.17, 15) is 5.11 Å². The number of methoxy groups -OCH3 is 2. The smallest absolute Gasteiger partial charge is 0.161 e. The molecule has 1 aromatic rings. The second-order valence-corrected chi connectivity index (χ2v) is 4.37. The van der Waals surface area contributed by atoms with Crippen molar-refractivity contribution in [1.29, 1.82) is 0 Å². The molecule has 1 rings (SSSR count). The fourth-order valence-electron chi connectivity index (χ4n) is 1.67. The van der Waals surface area contributed by atoms with Crippen molar-refractivity contribution < 1.29 is 14.6 Å². The molecule has 0 radical (unpaired) electrons. The third-order valence-electron chi connectivity index (χ3n) is 2.84. The van der Waals surface area contributed by atoms with Gasteiger partial charge in [-0.1, -0.05) is 19.9 Å². The maximum absolute atomic E-state index is 9.94. The Balaban J connectivity index is 2.99. The van der Waals surface area contributed by atoms with E-state index in [0.29, 0.717) is 11.5 Å². The van der Waals surface area contributed by atoms with Crippen LogP contribution < -0.4 is 15.2 Å². The minimum absolute atomic E-state index is 0.109. The summed E-state index contributed by atoms with van der Waals surface area (Å²) in [5.41, 5.74) is 6.85. The van der Waals surface area contributed by atoms with E-state index in [-0.39, 0.29) is 5.92 Å². The molecule has 0 bridgehead atoms. The number of hydrogen-bond acceptors (Lipinski definition) is 4. The van der Waals surface area contributed by atoms with Crippen LogP contribution in [0.3, 0.4) is 0 Å². The zero-order valence-corrected chi connectivity index (χ0v) is 10.8. The fourth-order valence-corrected chi connectivity index (χ4v) is 1.67. The highest BCUT2D eigenvalue weighted by molar-refractivity contribution is 5.43. The van der Waals surface area contributed by atoms with Gasteiger partial charge in [-0.15, -0.1) is 0 Å². The monoisotopic (exact) mass is 239 g/mol. The van der Waals surface area contributed by atoms with Crippen molar-refractivity contribution in [3.8, 4) is 11.5 Å². The molecule has 0 fully saturated rings. The van der Waals surface area contributed by atoms with Crippen LogP contribution in [0.4, 0.5) is 0 Å². The van der Waals surface area contributed by atoms with Crippen molar-refractivity contribution in [2.24, 2.45) is 11.7 Å². The molecule has 4 heteroatoms. The number of ether oxygens (including phenoxy) is 2. The first-order valence-electron chi connectivity index (χ1n) is 5.66. The van der Waals surface area contributed by atoms with Crippen LogP contribution in [0.1, 0.15) is 25.5 Å². The van der Waals surface area contributed by atoms with E-state index in [1.165, 1.54) is 0 Å². The molecule has 0 aliphatic rings. The van der Waals surface area contributed by atoms with Crippen molar-refractivity contribution in [2.45, 2.75) is 26.0 Å². The van der Waals surface area contributed by atoms with E-state index in [2.05, 4.69) is 0 Å². The summed E-state index contributed by atoms with van der Waals surface area (Å²) >= 11 is 0. The first-order chi connectivity index (χ1) is 8.01. The van der Waals surface area contributed by atoms with Gasteiger partial charge in [0, 0.05) is 0 Å². The molecule has 0 aliphatic heterocycles. The number of aliphatic hydroxyl groups is 1. The Bertz CT molecular complexity index is 366. The molecule has 1 aromatic carbocycles. The van der Waals surface area contributed by atoms with E-state index in [0.717, 1.165) is 5.56 Å². The highest BCUT2D eigenvalue weighted by atomic mass is 16.5. The molecule has 3 N–H and O–H groups in total. The predicted molar refractivity (Wildman–Crippen MR) is 67.3 cm³/mol. The van der Waals surface area contributed by atoms with Crippen LogP contribution >= 0.6 is 0 Å². The molecule has 0 unspecified atom stereocenters. The van der Waals surface area contributed by atoms with Gasteiger partial charge in [0.25, 0.3) is 0 Å². The zero-order valence-electron chi connectivity index (χ0n) is 10.8. The van der Waals surface area contributed by atoms with Gasteiger partial charge in [-0.2, -0.15) is 0 Å². The molecule has 17 heavy (non-hydrogen) atoms. The van der Waals surface area contributed by atoms with Crippen LogP contribution in [0.25, 0.3) is 0 Å². The van der Waals surface area contributed by atoms with Crippen LogP contribution in [-0.2, 0) is 0 Å². The summed E-state index contributed by atoms with van der Waals surface area (Å²) in [4.78, 5) is 0. The van der Waals surface area contributed by atoms with Gasteiger partial charge >= 0.3 is 0 Å². The van der Waals surface area contributed by atoms with Crippen LogP contribution in [-0.4, -0.2) is 25.4 Å². The summed E-state index contributed by atoms with van der Waals surface area (Å²) < 4.78 is 10.4. The molecular formula is C13H21NO3. The first-order valence-corrected chi connectivity index (χ1v) is 5.66. The first kappa shape index (κ1) is 13.8. The molecule has 0 aromatic heterocycles. The van der Waals surface area contributed by atoms with Gasteiger partial charge in [0.1, 0.15) is 0 Å². The standard InChI is InChI=1S/C13H21NO3/c1-8(2)13(15)12(14)9-5-6-10(16-3)11(7-9)17-4/h5-8,12-13,15H,14H2,1-4H3/t12-,13+/m0/s1. The van der Waals surface area contributed by atoms with Gasteiger partial charge in [0.05, 0.1) is 26.4 Å². The fraction of sp³-hybridized carbons (Fsp3) is 0.538. The molecule has 4 nitrogen and oxygen atoms in total. The van der Waals surface area contributed by atoms with Crippen molar-refractivity contribution in [1.82, 2.24) is 0 Å². The summed E-state index contributed by atoms with van der Waals surface area (Å²) in [5.74, 6) is 1.39. The average molecular weight is 239 g/mol. The summed E-state index contributed by atoms with van der Waals surface area (Å²) in [6.07, 6.45) is -0.576. The molecular weight excluding hydrogens is 218 g/mol. The third kappa shape index (κ3) is 3.11. The van der Waals surface area contributed by atoms with Crippen LogP contribution in [0, 0.1) is 5.92 Å². The molecule has 0 heterocycles. The van der Waals surface area contributed by atoms with Gasteiger partial charge in [0.2, 0.25) is 0 Å². The number of hydrogen-bond donors (Lipinski definition) is 2. The average Bonchev–Trinajstić information content (AvgIpc) is 2.35. The van der Waals surface area contributed by atoms with E-state index in [1.807, 2.05) is 19.9 Å². The minimum Gasteiger partial charge on any atom is -0.493 e. The third-order valence-corrected chi connectivity index (χ3v) is 2.84. The summed E-state index contributed by atoms with van der Waals surface area (Å²) in [5, 5.41) is 9.94. The highest BCUT2D eigenvalue weighted by Crippen LogP contribution is 2.31. The molecule has 96 valence electrons. The molecule has 0 spiro atoms. The zero-order chi connectivity index (χ0) is 13.0. The Morgan fingerprint density at radius 1 is 1.12 bits per heavy atom. The maximum atomic E-state index is 9.94. The van der Waals surface area contributed by atoms with Gasteiger partial charge in [-0.3, -0.25) is 0 Å². The predicted octanol–water partition coefficient (Wildman–Crippen LogP) is 1.72. The van der Waals surface area contributed by atoms with Gasteiger partial charge in [0.15, 0.2) is 11.5 Å². The molecule has 0 saturated heterocycles. The van der Waals surface area contributed by atoms with Crippen LogP contribution in [0.5, 0.6) is 11.5 Å². The number of rotatable bonds is 5. The normalized spacial score (nSPS) is 14.5. The number of benzene rings is 1. The lowest BCUT2D eigenvalue weighted by atomic mass is 9.94. The number of nitrogens with two attached hydrogens (primary N) is 1. The SMILES string of the molecule is COc1ccc([C@H](N)[C@H](O)C(C)C)cc1OC. The maximum Gasteiger partial charge on any atom is 0.161 e. The largest absolute Gasteiger partial charge is 0.493 e. The van der Waals surface area contributed by atoms with E-state index < -0.39 is 12.1 Å². The van der Waals surface area contributed by atoms with Crippen molar-refractivity contribution in [3.05, 3.63) is 23.8 Å². The van der Waals surface area contributed by atoms with Crippen molar-refractivity contribution in [2.75, 3.05) is 14.2 Å². The quantitative estimate of drug-likeness (QED) is 0.821. The van der Waals surface area contributed by atoms with E-state index in [4.69, 9.17) is 15.2 Å². The summed E-state index contributed by atoms with van der Waals surface area (Å²) in [6.45, 7) is 3.87. The Morgan fingerprint density at radius 2 is 1.71 bits per heavy atom. The highest BCUT2D eigenvalue weighted by Gasteiger charge is 2.21. The summed E-state index contributed by atoms with van der Waals surface area (Å²) in [6, 6.07) is 5.02. The lowest BCUT2D eigenvalue weighted by Gasteiger charge is -2.23. The van der Waals surface area contributed by atoms with Crippen molar-refractivity contribution in [3.63, 3.8) is 0 Å². The Kier molecular flexibility index (Phi) is 4.78. The van der Waals surface area contributed by atoms with Gasteiger partial charge in [-0.05, 0) is 23.6 Å². The second kappa shape index (κ2) is 5.89. The van der Waals surface area contributed by atoms with Crippen molar-refractivity contribution >= 4 is 0 Å². The molecule has 0 aliphatic carbocycles. The lowest BCUT2D eigenvalue weighted by Crippen LogP contribution is -2.30. The van der Waals surface area contributed by atoms with Gasteiger partial charge < -0.3 is 20.3 Å². The second-order valence-electron chi connectivity index (χ2n) is 4.37. The molecule has 0 amide bonds. The number of aliphatic hydroxyl groups excluding tert-OH is 1. The van der Waals surface area contributed by atoms with Crippen LogP contribution in [0.2, 0.25) is 0 Å². The van der Waals surface area contributed by atoms with E-state index >= 15 is 0 Å². The summed E-state index contributed by atoms with van der Waals surface area (Å²) in [7, 11) is 3.16. The minimum atomic E-state index is -0.576. The Hall–Kier alpha value is -1.26. The topological polar surface area (TPSA) is 64.7 Å². The molecule has 0 saturated carbocycles. The van der Waals surface area contributed by atoms with Gasteiger partial charge in [-0.25, -0.2) is 0 Å². The Labute approximate surface area is 102 Å². The molecule has 2 atom stereocenters. The lowest BCUT2D eigenvalue weighted by molar-refractivity contribution is 0.0978.